The molecule has 150 valence electrons. The summed E-state index contributed by atoms with van der Waals surface area (Å²) in [6, 6.07) is 8.81. The lowest BCUT2D eigenvalue weighted by molar-refractivity contribution is -0.141. The number of ether oxygens (including phenoxy) is 3. The van der Waals surface area contributed by atoms with Crippen molar-refractivity contribution in [2.45, 2.75) is 31.8 Å². The van der Waals surface area contributed by atoms with Gasteiger partial charge < -0.3 is 14.2 Å². The van der Waals surface area contributed by atoms with E-state index in [2.05, 4.69) is 21.9 Å². The topological polar surface area (TPSA) is 51.2 Å². The molecule has 2 fully saturated rings. The Kier molecular flexibility index (Phi) is 7.50. The van der Waals surface area contributed by atoms with E-state index in [0.717, 1.165) is 64.5 Å². The van der Waals surface area contributed by atoms with Crippen LogP contribution in [0.2, 0.25) is 0 Å². The highest BCUT2D eigenvalue weighted by molar-refractivity contribution is 5.69. The normalized spacial score (nSPS) is 24.5. The van der Waals surface area contributed by atoms with Crippen molar-refractivity contribution >= 4 is 5.97 Å². The summed E-state index contributed by atoms with van der Waals surface area (Å²) >= 11 is 0. The first-order chi connectivity index (χ1) is 13.2. The van der Waals surface area contributed by atoms with Gasteiger partial charge in [-0.25, -0.2) is 0 Å². The van der Waals surface area contributed by atoms with Crippen LogP contribution in [-0.4, -0.2) is 75.4 Å². The van der Waals surface area contributed by atoms with E-state index in [9.17, 15) is 4.79 Å². The van der Waals surface area contributed by atoms with Gasteiger partial charge in [-0.2, -0.15) is 0 Å². The SMILES string of the molecule is COC(=O)CC[C@H]1CN(Cc2cccc(OC)c2)CC[C@H]1N1CCOCC1. The molecule has 1 aromatic rings. The minimum absolute atomic E-state index is 0.111. The molecule has 0 saturated carbocycles. The van der Waals surface area contributed by atoms with Crippen LogP contribution in [0.1, 0.15) is 24.8 Å². The minimum Gasteiger partial charge on any atom is -0.497 e. The zero-order valence-corrected chi connectivity index (χ0v) is 16.6. The first-order valence-corrected chi connectivity index (χ1v) is 9.93. The van der Waals surface area contributed by atoms with E-state index in [4.69, 9.17) is 14.2 Å². The Morgan fingerprint density at radius 2 is 2.04 bits per heavy atom. The zero-order valence-electron chi connectivity index (χ0n) is 16.6. The summed E-state index contributed by atoms with van der Waals surface area (Å²) in [6.07, 6.45) is 2.51. The van der Waals surface area contributed by atoms with E-state index in [-0.39, 0.29) is 5.97 Å². The maximum atomic E-state index is 11.7. The number of methoxy groups -OCH3 is 2. The number of hydrogen-bond donors (Lipinski definition) is 0. The van der Waals surface area contributed by atoms with Crippen molar-refractivity contribution in [3.05, 3.63) is 29.8 Å². The summed E-state index contributed by atoms with van der Waals surface area (Å²) in [5.41, 5.74) is 1.27. The molecule has 0 N–H and O–H groups in total. The highest BCUT2D eigenvalue weighted by Gasteiger charge is 2.34. The smallest absolute Gasteiger partial charge is 0.305 e. The molecule has 0 unspecified atom stereocenters. The van der Waals surface area contributed by atoms with Crippen molar-refractivity contribution in [2.75, 3.05) is 53.6 Å². The summed E-state index contributed by atoms with van der Waals surface area (Å²) in [5.74, 6) is 1.26. The summed E-state index contributed by atoms with van der Waals surface area (Å²) in [5, 5.41) is 0. The van der Waals surface area contributed by atoms with Gasteiger partial charge in [-0.15, -0.1) is 0 Å². The molecule has 0 spiro atoms. The van der Waals surface area contributed by atoms with Crippen LogP contribution >= 0.6 is 0 Å². The van der Waals surface area contributed by atoms with E-state index >= 15 is 0 Å². The third-order valence-corrected chi connectivity index (χ3v) is 5.78. The summed E-state index contributed by atoms with van der Waals surface area (Å²) < 4.78 is 15.7. The van der Waals surface area contributed by atoms with Crippen LogP contribution in [0.15, 0.2) is 24.3 Å². The summed E-state index contributed by atoms with van der Waals surface area (Å²) in [4.78, 5) is 16.8. The molecule has 2 heterocycles. The van der Waals surface area contributed by atoms with Gasteiger partial charge in [0.1, 0.15) is 5.75 Å². The lowest BCUT2D eigenvalue weighted by Crippen LogP contribution is -2.53. The molecular weight excluding hydrogens is 344 g/mol. The predicted octanol–water partition coefficient (Wildman–Crippen LogP) is 2.17. The van der Waals surface area contributed by atoms with Crippen LogP contribution in [-0.2, 0) is 20.8 Å². The molecule has 2 saturated heterocycles. The van der Waals surface area contributed by atoms with Gasteiger partial charge in [0, 0.05) is 38.6 Å². The Hall–Kier alpha value is -1.63. The third-order valence-electron chi connectivity index (χ3n) is 5.78. The number of morpholine rings is 1. The van der Waals surface area contributed by atoms with Crippen LogP contribution in [0, 0.1) is 5.92 Å². The van der Waals surface area contributed by atoms with Gasteiger partial charge in [-0.1, -0.05) is 12.1 Å². The molecular formula is C21H32N2O4. The van der Waals surface area contributed by atoms with Crippen molar-refractivity contribution < 1.29 is 19.0 Å². The highest BCUT2D eigenvalue weighted by atomic mass is 16.5. The molecule has 3 rings (SSSR count). The van der Waals surface area contributed by atoms with E-state index < -0.39 is 0 Å². The average Bonchev–Trinajstić information content (AvgIpc) is 2.73. The number of rotatable bonds is 7. The monoisotopic (exact) mass is 376 g/mol. The van der Waals surface area contributed by atoms with Crippen molar-refractivity contribution in [2.24, 2.45) is 5.92 Å². The Morgan fingerprint density at radius 3 is 2.78 bits per heavy atom. The predicted molar refractivity (Wildman–Crippen MR) is 104 cm³/mol. The molecule has 0 radical (unpaired) electrons. The molecule has 6 nitrogen and oxygen atoms in total. The van der Waals surface area contributed by atoms with Crippen molar-refractivity contribution in [3.63, 3.8) is 0 Å². The van der Waals surface area contributed by atoms with Crippen molar-refractivity contribution in [3.8, 4) is 5.75 Å². The molecule has 0 aliphatic carbocycles. The Balaban J connectivity index is 1.63. The van der Waals surface area contributed by atoms with Gasteiger partial charge in [-0.3, -0.25) is 14.6 Å². The van der Waals surface area contributed by atoms with Crippen LogP contribution in [0.5, 0.6) is 5.75 Å². The van der Waals surface area contributed by atoms with Crippen LogP contribution < -0.4 is 4.74 Å². The highest BCUT2D eigenvalue weighted by Crippen LogP contribution is 2.28. The van der Waals surface area contributed by atoms with Gasteiger partial charge in [0.2, 0.25) is 0 Å². The summed E-state index contributed by atoms with van der Waals surface area (Å²) in [6.45, 7) is 6.62. The van der Waals surface area contributed by atoms with Crippen LogP contribution in [0.4, 0.5) is 0 Å². The first-order valence-electron chi connectivity index (χ1n) is 9.93. The third kappa shape index (κ3) is 5.67. The number of likely N-dealkylation sites (tertiary alicyclic amines) is 1. The lowest BCUT2D eigenvalue weighted by Gasteiger charge is -2.45. The standard InChI is InChI=1S/C21H32N2O4/c1-25-19-5-3-4-17(14-19)15-22-9-8-20(23-10-12-27-13-11-23)18(16-22)6-7-21(24)26-2/h3-5,14,18,20H,6-13,15-16H2,1-2H3/t18-,20+/m0/s1. The minimum atomic E-state index is -0.111. The Bertz CT molecular complexity index is 604. The number of hydrogen-bond acceptors (Lipinski definition) is 6. The fourth-order valence-corrected chi connectivity index (χ4v) is 4.35. The number of nitrogens with zero attached hydrogens (tertiary/aromatic N) is 2. The number of piperidine rings is 1. The molecule has 2 atom stereocenters. The molecule has 0 aromatic heterocycles. The van der Waals surface area contributed by atoms with E-state index in [1.54, 1.807) is 7.11 Å². The van der Waals surface area contributed by atoms with Gasteiger partial charge in [-0.05, 0) is 43.0 Å². The fraction of sp³-hybridized carbons (Fsp3) is 0.667. The summed E-state index contributed by atoms with van der Waals surface area (Å²) in [7, 11) is 3.17. The first kappa shape index (κ1) is 20.1. The number of carbonyl (C=O) groups excluding carboxylic acids is 1. The van der Waals surface area contributed by atoms with E-state index in [1.165, 1.54) is 12.7 Å². The van der Waals surface area contributed by atoms with Crippen LogP contribution in [0.3, 0.4) is 0 Å². The molecule has 2 aliphatic heterocycles. The quantitative estimate of drug-likeness (QED) is 0.680. The molecule has 0 bridgehead atoms. The molecule has 2 aliphatic rings. The van der Waals surface area contributed by atoms with Crippen molar-refractivity contribution in [1.29, 1.82) is 0 Å². The molecule has 0 amide bonds. The number of carbonyl (C=O) groups is 1. The number of benzene rings is 1. The van der Waals surface area contributed by atoms with Crippen LogP contribution in [0.25, 0.3) is 0 Å². The maximum absolute atomic E-state index is 11.7. The second-order valence-electron chi connectivity index (χ2n) is 7.47. The maximum Gasteiger partial charge on any atom is 0.305 e. The second-order valence-corrected chi connectivity index (χ2v) is 7.47. The lowest BCUT2D eigenvalue weighted by atomic mass is 9.86. The van der Waals surface area contributed by atoms with Crippen molar-refractivity contribution in [1.82, 2.24) is 9.80 Å². The zero-order chi connectivity index (χ0) is 19.1. The molecule has 27 heavy (non-hydrogen) atoms. The number of esters is 1. The van der Waals surface area contributed by atoms with Gasteiger partial charge in [0.25, 0.3) is 0 Å². The fourth-order valence-electron chi connectivity index (χ4n) is 4.35. The van der Waals surface area contributed by atoms with E-state index in [1.807, 2.05) is 12.1 Å². The molecule has 6 heteroatoms. The molecule has 1 aromatic carbocycles. The Morgan fingerprint density at radius 1 is 1.22 bits per heavy atom. The Labute approximate surface area is 162 Å². The van der Waals surface area contributed by atoms with Gasteiger partial charge in [0.15, 0.2) is 0 Å². The average molecular weight is 376 g/mol. The van der Waals surface area contributed by atoms with Gasteiger partial charge in [0.05, 0.1) is 27.4 Å². The van der Waals surface area contributed by atoms with E-state index in [0.29, 0.717) is 18.4 Å². The van der Waals surface area contributed by atoms with Gasteiger partial charge >= 0.3 is 5.97 Å². The largest absolute Gasteiger partial charge is 0.497 e. The second kappa shape index (κ2) is 10.1.